The van der Waals surface area contributed by atoms with Crippen molar-refractivity contribution in [3.63, 3.8) is 0 Å². The number of halogens is 4. The average Bonchev–Trinajstić information content (AvgIpc) is 3.77. The molecule has 2 atom stereocenters. The zero-order valence-electron chi connectivity index (χ0n) is 25.0. The van der Waals surface area contributed by atoms with Crippen LogP contribution in [0.25, 0.3) is 16.6 Å². The highest BCUT2D eigenvalue weighted by atomic mass is 19.4. The van der Waals surface area contributed by atoms with Crippen LogP contribution in [0.4, 0.5) is 23.2 Å². The molecule has 0 spiro atoms. The van der Waals surface area contributed by atoms with Crippen LogP contribution in [-0.4, -0.2) is 93.9 Å². The van der Waals surface area contributed by atoms with E-state index < -0.39 is 42.1 Å². The van der Waals surface area contributed by atoms with Gasteiger partial charge in [0.1, 0.15) is 6.17 Å². The van der Waals surface area contributed by atoms with Crippen molar-refractivity contribution in [2.45, 2.75) is 24.8 Å². The van der Waals surface area contributed by atoms with Gasteiger partial charge in [-0.1, -0.05) is 12.1 Å². The molecule has 1 aliphatic heterocycles. The first-order valence-corrected chi connectivity index (χ1v) is 14.0. The summed E-state index contributed by atoms with van der Waals surface area (Å²) in [6.45, 7) is -0.185. The number of carboxylic acids is 1. The summed E-state index contributed by atoms with van der Waals surface area (Å²) in [6.07, 6.45) is -1.23. The van der Waals surface area contributed by atoms with Gasteiger partial charge in [0, 0.05) is 23.3 Å². The molecule has 6 N–H and O–H groups in total. The summed E-state index contributed by atoms with van der Waals surface area (Å²) >= 11 is 0. The van der Waals surface area contributed by atoms with Crippen molar-refractivity contribution in [1.82, 2.24) is 35.9 Å². The third kappa shape index (κ3) is 9.50. The van der Waals surface area contributed by atoms with Crippen LogP contribution >= 0.6 is 0 Å². The molecule has 0 fully saturated rings. The molecule has 2 aromatic heterocycles. The van der Waals surface area contributed by atoms with E-state index in [1.54, 1.807) is 53.6 Å². The molecule has 1 aliphatic rings. The molecule has 0 saturated carbocycles. The summed E-state index contributed by atoms with van der Waals surface area (Å²) < 4.78 is 51.6. The summed E-state index contributed by atoms with van der Waals surface area (Å²) in [5, 5.41) is 30.3. The zero-order chi connectivity index (χ0) is 34.8. The minimum atomic E-state index is -5.08. The highest BCUT2D eigenvalue weighted by Crippen LogP contribution is 2.25. The van der Waals surface area contributed by atoms with Crippen LogP contribution in [0.3, 0.4) is 0 Å². The van der Waals surface area contributed by atoms with Crippen LogP contribution in [0.5, 0.6) is 0 Å². The lowest BCUT2D eigenvalue weighted by Crippen LogP contribution is -2.41. The maximum absolute atomic E-state index is 13.4. The SMILES string of the molecule is COC(=O)C[C@H](NC(=O)CNC(=O)c1cc(NC2=NCC(F)CN2)c2cn[nH]c2c1)c1cccc(-n2cccn2)c1.O=C(O)C(F)(F)F. The number of aromatic nitrogens is 4. The van der Waals surface area contributed by atoms with Crippen LogP contribution < -0.4 is 21.3 Å². The Morgan fingerprint density at radius 2 is 1.94 bits per heavy atom. The number of esters is 1. The van der Waals surface area contributed by atoms with E-state index in [1.807, 2.05) is 12.1 Å². The van der Waals surface area contributed by atoms with Crippen molar-refractivity contribution >= 4 is 46.3 Å². The maximum Gasteiger partial charge on any atom is 0.490 e. The smallest absolute Gasteiger partial charge is 0.475 e. The van der Waals surface area contributed by atoms with E-state index in [-0.39, 0.29) is 31.6 Å². The van der Waals surface area contributed by atoms with Crippen molar-refractivity contribution in [1.29, 1.82) is 0 Å². The van der Waals surface area contributed by atoms with Gasteiger partial charge in [-0.2, -0.15) is 23.4 Å². The largest absolute Gasteiger partial charge is 0.490 e. The first kappa shape index (κ1) is 34.9. The van der Waals surface area contributed by atoms with Crippen LogP contribution in [0.1, 0.15) is 28.4 Å². The predicted octanol–water partition coefficient (Wildman–Crippen LogP) is 2.24. The first-order chi connectivity index (χ1) is 22.8. The molecule has 2 aromatic carbocycles. The second-order valence-corrected chi connectivity index (χ2v) is 10.1. The van der Waals surface area contributed by atoms with E-state index in [0.29, 0.717) is 28.1 Å². The number of rotatable bonds is 9. The number of carboxylic acid groups (broad SMARTS) is 1. The summed E-state index contributed by atoms with van der Waals surface area (Å²) in [5.41, 5.74) is 2.79. The summed E-state index contributed by atoms with van der Waals surface area (Å²) in [7, 11) is 1.27. The Bertz CT molecular complexity index is 1790. The third-order valence-electron chi connectivity index (χ3n) is 6.64. The van der Waals surface area contributed by atoms with Gasteiger partial charge in [0.2, 0.25) is 5.91 Å². The fourth-order valence-electron chi connectivity index (χ4n) is 4.33. The first-order valence-electron chi connectivity index (χ1n) is 14.0. The summed E-state index contributed by atoms with van der Waals surface area (Å²) in [4.78, 5) is 51.1. The van der Waals surface area contributed by atoms with Crippen molar-refractivity contribution < 1.29 is 46.6 Å². The van der Waals surface area contributed by atoms with E-state index in [2.05, 4.69) is 41.6 Å². The number of H-pyrrole nitrogens is 1. The van der Waals surface area contributed by atoms with Crippen LogP contribution in [-0.2, 0) is 19.1 Å². The number of carbonyl (C=O) groups is 4. The quantitative estimate of drug-likeness (QED) is 0.113. The Balaban J connectivity index is 0.000000671. The molecular weight excluding hydrogens is 646 g/mol. The molecule has 15 nitrogen and oxygen atoms in total. The van der Waals surface area contributed by atoms with E-state index in [4.69, 9.17) is 14.6 Å². The molecular formula is C29H29F4N9O6. The number of guanidine groups is 1. The molecule has 0 saturated heterocycles. The number of hydrogen-bond donors (Lipinski definition) is 6. The molecule has 0 aliphatic carbocycles. The van der Waals surface area contributed by atoms with Gasteiger partial charge < -0.3 is 31.1 Å². The number of amides is 2. The molecule has 5 rings (SSSR count). The van der Waals surface area contributed by atoms with Crippen LogP contribution in [0, 0.1) is 0 Å². The Hall–Kier alpha value is -6.01. The molecule has 2 amide bonds. The number of aliphatic carboxylic acids is 1. The Labute approximate surface area is 268 Å². The highest BCUT2D eigenvalue weighted by molar-refractivity contribution is 6.07. The van der Waals surface area contributed by atoms with Gasteiger partial charge in [-0.3, -0.25) is 19.5 Å². The number of anilines is 1. The van der Waals surface area contributed by atoms with Crippen LogP contribution in [0.2, 0.25) is 0 Å². The molecule has 0 bridgehead atoms. The van der Waals surface area contributed by atoms with E-state index in [1.165, 1.54) is 7.11 Å². The second-order valence-electron chi connectivity index (χ2n) is 10.1. The standard InChI is InChI=1S/C27H28FN9O4.C2HF3O2/c1-41-25(39)11-21(16-4-2-5-19(8-16)37-7-3-6-33-37)34-24(38)15-29-26(40)17-9-22(20-14-32-36-23(20)10-17)35-27-30-12-18(28)13-31-27;3-2(4,5)1(6)7/h2-10,14,18,21H,11-13,15H2,1H3,(H,29,40)(H,32,36)(H,34,38)(H2,30,31,35);(H,6,7)/t21-;/m0./s1. The molecule has 4 aromatic rings. The van der Waals surface area contributed by atoms with Gasteiger partial charge in [-0.15, -0.1) is 0 Å². The number of ether oxygens (including phenoxy) is 1. The molecule has 0 radical (unpaired) electrons. The lowest BCUT2D eigenvalue weighted by molar-refractivity contribution is -0.192. The Morgan fingerprint density at radius 1 is 1.17 bits per heavy atom. The number of nitrogens with one attached hydrogen (secondary N) is 5. The molecule has 19 heteroatoms. The summed E-state index contributed by atoms with van der Waals surface area (Å²) in [5.74, 6) is -3.89. The number of hydrogen-bond acceptors (Lipinski definition) is 10. The Kier molecular flexibility index (Phi) is 11.3. The number of carbonyl (C=O) groups excluding carboxylic acids is 3. The van der Waals surface area contributed by atoms with Gasteiger partial charge in [0.15, 0.2) is 5.96 Å². The topological polar surface area (TPSA) is 205 Å². The molecule has 48 heavy (non-hydrogen) atoms. The molecule has 1 unspecified atom stereocenters. The van der Waals surface area contributed by atoms with Crippen molar-refractivity contribution in [3.05, 3.63) is 72.2 Å². The van der Waals surface area contributed by atoms with E-state index in [0.717, 1.165) is 5.69 Å². The maximum atomic E-state index is 13.4. The molecule has 254 valence electrons. The number of nitrogens with zero attached hydrogens (tertiary/aromatic N) is 4. The lowest BCUT2D eigenvalue weighted by Gasteiger charge is -2.20. The third-order valence-corrected chi connectivity index (χ3v) is 6.64. The fraction of sp³-hybridized carbons (Fsp3) is 0.276. The number of methoxy groups -OCH3 is 1. The van der Waals surface area contributed by atoms with Crippen molar-refractivity contribution in [2.24, 2.45) is 4.99 Å². The van der Waals surface area contributed by atoms with Gasteiger partial charge in [-0.05, 0) is 35.9 Å². The number of aromatic amines is 1. The van der Waals surface area contributed by atoms with Gasteiger partial charge >= 0.3 is 18.1 Å². The number of alkyl halides is 4. The van der Waals surface area contributed by atoms with E-state index >= 15 is 0 Å². The fourth-order valence-corrected chi connectivity index (χ4v) is 4.33. The van der Waals surface area contributed by atoms with Gasteiger partial charge in [0.25, 0.3) is 5.91 Å². The lowest BCUT2D eigenvalue weighted by atomic mass is 10.0. The molecule has 3 heterocycles. The van der Waals surface area contributed by atoms with Crippen molar-refractivity contribution in [2.75, 3.05) is 32.1 Å². The minimum Gasteiger partial charge on any atom is -0.475 e. The minimum absolute atomic E-state index is 0.0314. The highest BCUT2D eigenvalue weighted by Gasteiger charge is 2.38. The number of aliphatic imine (C=N–C) groups is 1. The number of fused-ring (bicyclic) bond motifs is 1. The summed E-state index contributed by atoms with van der Waals surface area (Å²) in [6, 6.07) is 11.5. The van der Waals surface area contributed by atoms with Crippen LogP contribution in [0.15, 0.2) is 66.0 Å². The van der Waals surface area contributed by atoms with Gasteiger partial charge in [0.05, 0.1) is 62.3 Å². The van der Waals surface area contributed by atoms with Crippen molar-refractivity contribution in [3.8, 4) is 5.69 Å². The van der Waals surface area contributed by atoms with Gasteiger partial charge in [-0.25, -0.2) is 18.9 Å². The predicted molar refractivity (Wildman–Crippen MR) is 162 cm³/mol. The normalized spacial score (nSPS) is 14.8. The zero-order valence-corrected chi connectivity index (χ0v) is 25.0. The average molecular weight is 676 g/mol. The monoisotopic (exact) mass is 675 g/mol. The Morgan fingerprint density at radius 3 is 2.58 bits per heavy atom. The van der Waals surface area contributed by atoms with E-state index in [9.17, 15) is 31.9 Å². The number of benzene rings is 2. The second kappa shape index (κ2) is 15.5.